The van der Waals surface area contributed by atoms with Gasteiger partial charge in [-0.2, -0.15) is 14.0 Å². The Balaban J connectivity index is 1.93. The number of benzene rings is 3. The number of methoxy groups -OCH3 is 1. The number of halogens is 3. The largest absolute Gasteiger partial charge is 0.493 e. The molecule has 32 heavy (non-hydrogen) atoms. The number of hydrogen-bond acceptors (Lipinski definition) is 4. The topological polar surface area (TPSA) is 62.6 Å². The molecular weight excluding hydrogens is 421 g/mol. The van der Waals surface area contributed by atoms with Gasteiger partial charge in [-0.05, 0) is 53.6 Å². The van der Waals surface area contributed by atoms with E-state index in [0.29, 0.717) is 11.1 Å². The van der Waals surface area contributed by atoms with Gasteiger partial charge in [0.1, 0.15) is 5.82 Å². The molecule has 0 unspecified atom stereocenters. The van der Waals surface area contributed by atoms with E-state index >= 15 is 0 Å². The van der Waals surface area contributed by atoms with Crippen molar-refractivity contribution >= 4 is 5.91 Å². The van der Waals surface area contributed by atoms with Crippen LogP contribution in [0.15, 0.2) is 66.7 Å². The smallest absolute Gasteiger partial charge is 0.387 e. The van der Waals surface area contributed by atoms with Crippen molar-refractivity contribution in [3.8, 4) is 17.6 Å². The summed E-state index contributed by atoms with van der Waals surface area (Å²) >= 11 is 0. The molecule has 0 bridgehead atoms. The molecule has 5 nitrogen and oxygen atoms in total. The Morgan fingerprint density at radius 2 is 1.72 bits per heavy atom. The van der Waals surface area contributed by atoms with Crippen molar-refractivity contribution in [2.24, 2.45) is 0 Å². The summed E-state index contributed by atoms with van der Waals surface area (Å²) in [6.07, 6.45) is 0. The van der Waals surface area contributed by atoms with E-state index < -0.39 is 18.3 Å². The fourth-order valence-corrected chi connectivity index (χ4v) is 3.14. The van der Waals surface area contributed by atoms with Gasteiger partial charge in [-0.1, -0.05) is 24.3 Å². The fourth-order valence-electron chi connectivity index (χ4n) is 3.14. The summed E-state index contributed by atoms with van der Waals surface area (Å²) < 4.78 is 48.7. The fraction of sp³-hybridized carbons (Fsp3) is 0.167. The number of nitriles is 1. The lowest BCUT2D eigenvalue weighted by Crippen LogP contribution is -2.30. The van der Waals surface area contributed by atoms with E-state index in [1.54, 1.807) is 30.3 Å². The third kappa shape index (κ3) is 5.79. The highest BCUT2D eigenvalue weighted by Crippen LogP contribution is 2.30. The van der Waals surface area contributed by atoms with Crippen LogP contribution in [0.25, 0.3) is 0 Å². The molecule has 0 saturated carbocycles. The maximum atomic E-state index is 13.7. The van der Waals surface area contributed by atoms with Gasteiger partial charge in [0.05, 0.1) is 18.7 Å². The molecule has 3 aromatic rings. The molecule has 0 saturated heterocycles. The van der Waals surface area contributed by atoms with Gasteiger partial charge < -0.3 is 14.4 Å². The Morgan fingerprint density at radius 1 is 1.00 bits per heavy atom. The van der Waals surface area contributed by atoms with E-state index in [2.05, 4.69) is 4.74 Å². The van der Waals surface area contributed by atoms with Gasteiger partial charge in [0.25, 0.3) is 5.91 Å². The molecule has 0 fully saturated rings. The van der Waals surface area contributed by atoms with Crippen molar-refractivity contribution < 1.29 is 27.4 Å². The quantitative estimate of drug-likeness (QED) is 0.486. The van der Waals surface area contributed by atoms with Crippen molar-refractivity contribution in [2.75, 3.05) is 7.11 Å². The zero-order valence-electron chi connectivity index (χ0n) is 17.1. The Morgan fingerprint density at radius 3 is 2.34 bits per heavy atom. The van der Waals surface area contributed by atoms with E-state index in [1.165, 1.54) is 48.4 Å². The van der Waals surface area contributed by atoms with Crippen LogP contribution in [0.2, 0.25) is 0 Å². The maximum absolute atomic E-state index is 13.7. The summed E-state index contributed by atoms with van der Waals surface area (Å²) in [5.74, 6) is -1.12. The molecule has 0 radical (unpaired) electrons. The highest BCUT2D eigenvalue weighted by Gasteiger charge is 2.20. The minimum absolute atomic E-state index is 0.0608. The Bertz CT molecular complexity index is 1130. The van der Waals surface area contributed by atoms with Gasteiger partial charge in [0, 0.05) is 18.7 Å². The van der Waals surface area contributed by atoms with Crippen LogP contribution in [0.1, 0.15) is 27.0 Å². The third-order valence-corrected chi connectivity index (χ3v) is 4.63. The first kappa shape index (κ1) is 22.7. The van der Waals surface area contributed by atoms with E-state index in [9.17, 15) is 18.0 Å². The summed E-state index contributed by atoms with van der Waals surface area (Å²) in [5, 5.41) is 8.97. The van der Waals surface area contributed by atoms with Gasteiger partial charge in [0.15, 0.2) is 11.5 Å². The van der Waals surface area contributed by atoms with Crippen LogP contribution in [-0.2, 0) is 13.1 Å². The highest BCUT2D eigenvalue weighted by molar-refractivity contribution is 5.95. The zero-order valence-corrected chi connectivity index (χ0v) is 17.1. The van der Waals surface area contributed by atoms with E-state index in [4.69, 9.17) is 10.00 Å². The lowest BCUT2D eigenvalue weighted by atomic mass is 10.1. The average molecular weight is 440 g/mol. The monoisotopic (exact) mass is 440 g/mol. The molecule has 0 aliphatic carbocycles. The Labute approximate surface area is 183 Å². The van der Waals surface area contributed by atoms with Crippen molar-refractivity contribution in [3.63, 3.8) is 0 Å². The molecule has 1 amide bonds. The molecule has 164 valence electrons. The average Bonchev–Trinajstić information content (AvgIpc) is 2.78. The maximum Gasteiger partial charge on any atom is 0.387 e. The van der Waals surface area contributed by atoms with Crippen LogP contribution < -0.4 is 9.47 Å². The molecule has 0 aliphatic heterocycles. The standard InChI is InChI=1S/C24H19F3N2O3/c1-31-21-10-9-19(12-22(21)32-24(26)27)23(30)29(15-18-3-2-4-20(25)11-18)14-17-7-5-16(13-28)6-8-17/h2-12,24H,14-15H2,1H3. The summed E-state index contributed by atoms with van der Waals surface area (Å²) in [5.41, 5.74) is 1.88. The van der Waals surface area contributed by atoms with Gasteiger partial charge in [-0.15, -0.1) is 0 Å². The second kappa shape index (κ2) is 10.4. The number of nitrogens with zero attached hydrogens (tertiary/aromatic N) is 2. The van der Waals surface area contributed by atoms with Crippen LogP contribution in [0.3, 0.4) is 0 Å². The molecule has 3 rings (SSSR count). The van der Waals surface area contributed by atoms with Gasteiger partial charge in [0.2, 0.25) is 0 Å². The molecule has 0 aliphatic rings. The Hall–Kier alpha value is -3.99. The third-order valence-electron chi connectivity index (χ3n) is 4.63. The number of hydrogen-bond donors (Lipinski definition) is 0. The minimum atomic E-state index is -3.09. The number of rotatable bonds is 8. The zero-order chi connectivity index (χ0) is 23.1. The molecule has 0 spiro atoms. The van der Waals surface area contributed by atoms with Crippen LogP contribution >= 0.6 is 0 Å². The minimum Gasteiger partial charge on any atom is -0.493 e. The number of carbonyl (C=O) groups is 1. The molecule has 0 heterocycles. The first-order chi connectivity index (χ1) is 15.4. The molecule has 3 aromatic carbocycles. The summed E-state index contributed by atoms with van der Waals surface area (Å²) in [7, 11) is 1.30. The first-order valence-corrected chi connectivity index (χ1v) is 9.55. The lowest BCUT2D eigenvalue weighted by Gasteiger charge is -2.24. The number of amides is 1. The first-order valence-electron chi connectivity index (χ1n) is 9.55. The predicted molar refractivity (Wildman–Crippen MR) is 111 cm³/mol. The number of carbonyl (C=O) groups excluding carboxylic acids is 1. The van der Waals surface area contributed by atoms with Crippen LogP contribution in [0.4, 0.5) is 13.2 Å². The molecule has 0 atom stereocenters. The van der Waals surface area contributed by atoms with E-state index in [1.807, 2.05) is 6.07 Å². The summed E-state index contributed by atoms with van der Waals surface area (Å²) in [4.78, 5) is 14.7. The lowest BCUT2D eigenvalue weighted by molar-refractivity contribution is -0.0512. The van der Waals surface area contributed by atoms with Gasteiger partial charge in [-0.25, -0.2) is 4.39 Å². The van der Waals surface area contributed by atoms with Crippen molar-refractivity contribution in [1.82, 2.24) is 4.90 Å². The Kier molecular flexibility index (Phi) is 7.34. The number of ether oxygens (including phenoxy) is 2. The normalized spacial score (nSPS) is 10.5. The van der Waals surface area contributed by atoms with Crippen molar-refractivity contribution in [2.45, 2.75) is 19.7 Å². The van der Waals surface area contributed by atoms with Crippen molar-refractivity contribution in [3.05, 3.63) is 94.8 Å². The molecular formula is C24H19F3N2O3. The summed E-state index contributed by atoms with van der Waals surface area (Å²) in [6.45, 7) is -2.86. The second-order valence-corrected chi connectivity index (χ2v) is 6.84. The molecule has 8 heteroatoms. The van der Waals surface area contributed by atoms with E-state index in [-0.39, 0.29) is 30.2 Å². The van der Waals surface area contributed by atoms with Gasteiger partial charge in [-0.3, -0.25) is 4.79 Å². The van der Waals surface area contributed by atoms with Gasteiger partial charge >= 0.3 is 6.61 Å². The van der Waals surface area contributed by atoms with Crippen LogP contribution in [0.5, 0.6) is 11.5 Å². The van der Waals surface area contributed by atoms with Crippen molar-refractivity contribution in [1.29, 1.82) is 5.26 Å². The highest BCUT2D eigenvalue weighted by atomic mass is 19.3. The van der Waals surface area contributed by atoms with E-state index in [0.717, 1.165) is 5.56 Å². The number of alkyl halides is 2. The second-order valence-electron chi connectivity index (χ2n) is 6.84. The summed E-state index contributed by atoms with van der Waals surface area (Å²) in [6, 6.07) is 18.5. The molecule has 0 N–H and O–H groups in total. The van der Waals surface area contributed by atoms with Crippen LogP contribution in [-0.4, -0.2) is 24.5 Å². The molecule has 0 aromatic heterocycles. The SMILES string of the molecule is COc1ccc(C(=O)N(Cc2ccc(C#N)cc2)Cc2cccc(F)c2)cc1OC(F)F. The van der Waals surface area contributed by atoms with Crippen LogP contribution in [0, 0.1) is 17.1 Å². The predicted octanol–water partition coefficient (Wildman–Crippen LogP) is 5.15.